The minimum absolute atomic E-state index is 0.459. The molecule has 1 N–H and O–H groups in total. The number of imidazole rings is 2. The average Bonchev–Trinajstić information content (AvgIpc) is 3.31. The number of nitrogens with zero attached hydrogens (tertiary/aromatic N) is 3. The zero-order valence-corrected chi connectivity index (χ0v) is 16.7. The number of ether oxygens (including phenoxy) is 2. The summed E-state index contributed by atoms with van der Waals surface area (Å²) in [4.78, 5) is 12.2. The summed E-state index contributed by atoms with van der Waals surface area (Å²) in [5.74, 6) is 3.43. The Morgan fingerprint density at radius 1 is 1.07 bits per heavy atom. The van der Waals surface area contributed by atoms with Crippen molar-refractivity contribution in [1.82, 2.24) is 19.5 Å². The van der Waals surface area contributed by atoms with Crippen LogP contribution < -0.4 is 9.47 Å². The van der Waals surface area contributed by atoms with Gasteiger partial charge in [0.25, 0.3) is 0 Å². The average molecular weight is 395 g/mol. The molecule has 2 aromatic carbocycles. The maximum absolute atomic E-state index is 5.80. The molecule has 0 unspecified atom stereocenters. The van der Waals surface area contributed by atoms with Crippen molar-refractivity contribution in [3.63, 3.8) is 0 Å². The van der Waals surface area contributed by atoms with Crippen molar-refractivity contribution in [3.8, 4) is 11.5 Å². The highest BCUT2D eigenvalue weighted by Gasteiger charge is 2.06. The number of nitrogens with one attached hydrogen (secondary N) is 1. The molecule has 0 saturated heterocycles. The van der Waals surface area contributed by atoms with Crippen molar-refractivity contribution in [2.75, 3.05) is 6.61 Å². The Morgan fingerprint density at radius 3 is 2.64 bits per heavy atom. The van der Waals surface area contributed by atoms with Crippen LogP contribution in [0.25, 0.3) is 11.0 Å². The third-order valence-electron chi connectivity index (χ3n) is 4.33. The molecule has 6 nitrogen and oxygen atoms in total. The van der Waals surface area contributed by atoms with Gasteiger partial charge >= 0.3 is 0 Å². The number of aryl methyl sites for hydroxylation is 1. The summed E-state index contributed by atoms with van der Waals surface area (Å²) in [7, 11) is 1.96. The number of benzene rings is 2. The van der Waals surface area contributed by atoms with E-state index in [1.807, 2.05) is 55.1 Å². The van der Waals surface area contributed by atoms with E-state index < -0.39 is 0 Å². The Hall–Kier alpha value is -2.93. The van der Waals surface area contributed by atoms with E-state index >= 15 is 0 Å². The van der Waals surface area contributed by atoms with Gasteiger partial charge in [0.2, 0.25) is 0 Å². The van der Waals surface area contributed by atoms with Gasteiger partial charge in [-0.2, -0.15) is 0 Å². The minimum atomic E-state index is 0.459. The molecule has 0 aliphatic carbocycles. The summed E-state index contributed by atoms with van der Waals surface area (Å²) in [5.41, 5.74) is 3.15. The molecule has 0 amide bonds. The fourth-order valence-electron chi connectivity index (χ4n) is 2.81. The molecule has 0 atom stereocenters. The summed E-state index contributed by atoms with van der Waals surface area (Å²) in [6.45, 7) is 3.09. The van der Waals surface area contributed by atoms with Crippen molar-refractivity contribution >= 4 is 22.8 Å². The number of fused-ring (bicyclic) bond motifs is 1. The van der Waals surface area contributed by atoms with E-state index in [9.17, 15) is 0 Å². The quantitative estimate of drug-likeness (QED) is 0.444. The van der Waals surface area contributed by atoms with Gasteiger partial charge in [-0.25, -0.2) is 9.97 Å². The fraction of sp³-hybridized carbons (Fsp3) is 0.238. The van der Waals surface area contributed by atoms with E-state index in [1.54, 1.807) is 18.0 Å². The highest BCUT2D eigenvalue weighted by Crippen LogP contribution is 2.26. The molecule has 0 spiro atoms. The first kappa shape index (κ1) is 18.4. The van der Waals surface area contributed by atoms with Crippen LogP contribution in [0, 0.1) is 0 Å². The van der Waals surface area contributed by atoms with Crippen molar-refractivity contribution in [1.29, 1.82) is 0 Å². The lowest BCUT2D eigenvalue weighted by Gasteiger charge is -2.07. The SMILES string of the molecule is CCOc1ccc2nc(SCc3ccc(OCc4nccn4C)cc3)[nH]c2c1. The van der Waals surface area contributed by atoms with Gasteiger partial charge in [-0.3, -0.25) is 0 Å². The molecule has 0 radical (unpaired) electrons. The molecule has 0 aliphatic heterocycles. The van der Waals surface area contributed by atoms with Crippen LogP contribution in [0.2, 0.25) is 0 Å². The predicted molar refractivity (Wildman–Crippen MR) is 111 cm³/mol. The molecule has 28 heavy (non-hydrogen) atoms. The Morgan fingerprint density at radius 2 is 1.89 bits per heavy atom. The smallest absolute Gasteiger partial charge is 0.166 e. The standard InChI is InChI=1S/C21H22N4O2S/c1-3-26-17-8-9-18-19(12-17)24-21(23-18)28-14-15-4-6-16(7-5-15)27-13-20-22-10-11-25(20)2/h4-12H,3,13-14H2,1-2H3,(H,23,24). The Bertz CT molecular complexity index is 1060. The van der Waals surface area contributed by atoms with E-state index in [0.29, 0.717) is 13.2 Å². The van der Waals surface area contributed by atoms with Gasteiger partial charge in [-0.15, -0.1) is 0 Å². The molecule has 2 aromatic heterocycles. The second kappa shape index (κ2) is 8.39. The largest absolute Gasteiger partial charge is 0.494 e. The normalized spacial score (nSPS) is 11.1. The number of hydrogen-bond donors (Lipinski definition) is 1. The van der Waals surface area contributed by atoms with Crippen LogP contribution in [-0.4, -0.2) is 26.1 Å². The van der Waals surface area contributed by atoms with Crippen molar-refractivity contribution in [3.05, 3.63) is 66.2 Å². The second-order valence-corrected chi connectivity index (χ2v) is 7.29. The fourth-order valence-corrected chi connectivity index (χ4v) is 3.65. The van der Waals surface area contributed by atoms with E-state index in [4.69, 9.17) is 9.47 Å². The van der Waals surface area contributed by atoms with Gasteiger partial charge in [0.1, 0.15) is 23.9 Å². The Kier molecular flexibility index (Phi) is 5.53. The highest BCUT2D eigenvalue weighted by atomic mass is 32.2. The monoisotopic (exact) mass is 394 g/mol. The first-order chi connectivity index (χ1) is 13.7. The van der Waals surface area contributed by atoms with Gasteiger partial charge in [-0.1, -0.05) is 23.9 Å². The van der Waals surface area contributed by atoms with Gasteiger partial charge < -0.3 is 19.0 Å². The van der Waals surface area contributed by atoms with E-state index in [0.717, 1.165) is 39.3 Å². The zero-order chi connectivity index (χ0) is 19.3. The molecule has 0 fully saturated rings. The molecule has 144 valence electrons. The number of hydrogen-bond acceptors (Lipinski definition) is 5. The van der Waals surface area contributed by atoms with Crippen LogP contribution in [0.3, 0.4) is 0 Å². The molecular weight excluding hydrogens is 372 g/mol. The number of rotatable bonds is 8. The Balaban J connectivity index is 1.34. The predicted octanol–water partition coefficient (Wildman–Crippen LogP) is 4.57. The molecule has 0 saturated carbocycles. The molecule has 4 rings (SSSR count). The number of H-pyrrole nitrogens is 1. The summed E-state index contributed by atoms with van der Waals surface area (Å²) >= 11 is 1.68. The molecular formula is C21H22N4O2S. The number of aromatic amines is 1. The lowest BCUT2D eigenvalue weighted by Crippen LogP contribution is -2.02. The zero-order valence-electron chi connectivity index (χ0n) is 15.9. The van der Waals surface area contributed by atoms with Crippen molar-refractivity contribution < 1.29 is 9.47 Å². The van der Waals surface area contributed by atoms with Gasteiger partial charge in [0.15, 0.2) is 5.16 Å². The van der Waals surface area contributed by atoms with E-state index in [-0.39, 0.29) is 0 Å². The van der Waals surface area contributed by atoms with Crippen molar-refractivity contribution in [2.45, 2.75) is 24.4 Å². The molecule has 7 heteroatoms. The first-order valence-electron chi connectivity index (χ1n) is 9.14. The second-order valence-electron chi connectivity index (χ2n) is 6.33. The van der Waals surface area contributed by atoms with Crippen LogP contribution in [0.1, 0.15) is 18.3 Å². The van der Waals surface area contributed by atoms with Crippen molar-refractivity contribution in [2.24, 2.45) is 7.05 Å². The third-order valence-corrected chi connectivity index (χ3v) is 5.27. The lowest BCUT2D eigenvalue weighted by molar-refractivity contribution is 0.292. The number of thioether (sulfide) groups is 1. The maximum atomic E-state index is 5.80. The maximum Gasteiger partial charge on any atom is 0.166 e. The van der Waals surface area contributed by atoms with E-state index in [2.05, 4.69) is 27.1 Å². The van der Waals surface area contributed by atoms with Crippen LogP contribution in [0.4, 0.5) is 0 Å². The third kappa shape index (κ3) is 4.31. The Labute approximate surface area is 167 Å². The highest BCUT2D eigenvalue weighted by molar-refractivity contribution is 7.98. The number of aromatic nitrogens is 4. The molecule has 0 aliphatic rings. The van der Waals surface area contributed by atoms with E-state index in [1.165, 1.54) is 5.56 Å². The lowest BCUT2D eigenvalue weighted by atomic mass is 10.2. The minimum Gasteiger partial charge on any atom is -0.494 e. The van der Waals surface area contributed by atoms with Crippen LogP contribution >= 0.6 is 11.8 Å². The van der Waals surface area contributed by atoms with Gasteiger partial charge in [-0.05, 0) is 36.8 Å². The van der Waals surface area contributed by atoms with Crippen LogP contribution in [0.5, 0.6) is 11.5 Å². The molecule has 4 aromatic rings. The summed E-state index contributed by atoms with van der Waals surface area (Å²) in [6, 6.07) is 14.1. The topological polar surface area (TPSA) is 65.0 Å². The summed E-state index contributed by atoms with van der Waals surface area (Å²) in [6.07, 6.45) is 3.68. The van der Waals surface area contributed by atoms with Gasteiger partial charge in [0.05, 0.1) is 17.6 Å². The molecule has 0 bridgehead atoms. The first-order valence-corrected chi connectivity index (χ1v) is 10.1. The summed E-state index contributed by atoms with van der Waals surface area (Å²) < 4.78 is 13.3. The molecule has 2 heterocycles. The van der Waals surface area contributed by atoms with Gasteiger partial charge in [0, 0.05) is 31.3 Å². The summed E-state index contributed by atoms with van der Waals surface area (Å²) in [5, 5.41) is 0.902. The van der Waals surface area contributed by atoms with Crippen LogP contribution in [-0.2, 0) is 19.4 Å². The van der Waals surface area contributed by atoms with Crippen LogP contribution in [0.15, 0.2) is 60.0 Å².